The minimum Gasteiger partial charge on any atom is -0.326 e. The maximum atomic E-state index is 12.9. The largest absolute Gasteiger partial charge is 0.326 e. The summed E-state index contributed by atoms with van der Waals surface area (Å²) < 4.78 is 28.4. The topological polar surface area (TPSA) is 99.3 Å². The number of sulfonamides is 1. The molecule has 1 amide bonds. The van der Waals surface area contributed by atoms with Crippen LogP contribution < -0.4 is 20.9 Å². The van der Waals surface area contributed by atoms with E-state index in [4.69, 9.17) is 0 Å². The van der Waals surface area contributed by atoms with Gasteiger partial charge in [-0.1, -0.05) is 25.1 Å². The predicted octanol–water partition coefficient (Wildman–Crippen LogP) is 2.30. The summed E-state index contributed by atoms with van der Waals surface area (Å²) in [6.45, 7) is 6.06. The number of amides is 1. The third kappa shape index (κ3) is 4.70. The highest BCUT2D eigenvalue weighted by atomic mass is 32.2. The Labute approximate surface area is 165 Å². The minimum atomic E-state index is -3.83. The van der Waals surface area contributed by atoms with Gasteiger partial charge in [-0.25, -0.2) is 13.8 Å². The van der Waals surface area contributed by atoms with Crippen LogP contribution in [0.25, 0.3) is 0 Å². The SMILES string of the molecule is CCc1cccc(NC(=O)C2CNNC2S(=O)(=O)Nc2cc(C)cc(C)c2)c1. The van der Waals surface area contributed by atoms with E-state index in [1.807, 2.05) is 45.0 Å². The zero-order valence-corrected chi connectivity index (χ0v) is 17.1. The number of carbonyl (C=O) groups excluding carboxylic acids is 1. The van der Waals surface area contributed by atoms with E-state index in [2.05, 4.69) is 20.9 Å². The zero-order chi connectivity index (χ0) is 20.3. The molecule has 0 aromatic heterocycles. The van der Waals surface area contributed by atoms with Crippen molar-refractivity contribution in [3.8, 4) is 0 Å². The van der Waals surface area contributed by atoms with Gasteiger partial charge >= 0.3 is 0 Å². The smallest absolute Gasteiger partial charge is 0.250 e. The van der Waals surface area contributed by atoms with Gasteiger partial charge in [0.2, 0.25) is 5.91 Å². The standard InChI is InChI=1S/C20H26N4O3S/c1-4-15-6-5-7-16(11-15)22-19(25)18-12-21-23-20(18)28(26,27)24-17-9-13(2)8-14(3)10-17/h5-11,18,20-21,23-24H,4,12H2,1-3H3,(H,22,25). The Morgan fingerprint density at radius 2 is 1.82 bits per heavy atom. The molecule has 1 saturated heterocycles. The molecule has 1 aliphatic heterocycles. The van der Waals surface area contributed by atoms with Crippen molar-refractivity contribution in [1.82, 2.24) is 10.9 Å². The van der Waals surface area contributed by atoms with Crippen LogP contribution >= 0.6 is 0 Å². The van der Waals surface area contributed by atoms with E-state index in [9.17, 15) is 13.2 Å². The number of hydrazine groups is 1. The lowest BCUT2D eigenvalue weighted by Gasteiger charge is -2.20. The molecular formula is C20H26N4O3S. The molecule has 2 aromatic rings. The molecule has 4 N–H and O–H groups in total. The highest BCUT2D eigenvalue weighted by Crippen LogP contribution is 2.22. The van der Waals surface area contributed by atoms with Gasteiger partial charge in [0.1, 0.15) is 0 Å². The van der Waals surface area contributed by atoms with Crippen LogP contribution in [0.5, 0.6) is 0 Å². The van der Waals surface area contributed by atoms with E-state index in [1.54, 1.807) is 18.2 Å². The van der Waals surface area contributed by atoms with Gasteiger partial charge in [-0.05, 0) is 61.2 Å². The second-order valence-electron chi connectivity index (χ2n) is 7.12. The number of benzene rings is 2. The van der Waals surface area contributed by atoms with Crippen LogP contribution in [0, 0.1) is 19.8 Å². The Hall–Kier alpha value is -2.42. The number of rotatable bonds is 6. The molecule has 0 bridgehead atoms. The summed E-state index contributed by atoms with van der Waals surface area (Å²) in [5.74, 6) is -1.12. The van der Waals surface area contributed by atoms with Crippen molar-refractivity contribution < 1.29 is 13.2 Å². The Bertz CT molecular complexity index is 955. The van der Waals surface area contributed by atoms with Gasteiger partial charge in [0.05, 0.1) is 5.92 Å². The number of aryl methyl sites for hydroxylation is 3. The highest BCUT2D eigenvalue weighted by Gasteiger charge is 2.42. The monoisotopic (exact) mass is 402 g/mol. The summed E-state index contributed by atoms with van der Waals surface area (Å²) >= 11 is 0. The van der Waals surface area contributed by atoms with Crippen LogP contribution in [-0.2, 0) is 21.2 Å². The van der Waals surface area contributed by atoms with Crippen molar-refractivity contribution in [1.29, 1.82) is 0 Å². The van der Waals surface area contributed by atoms with Crippen molar-refractivity contribution in [2.75, 3.05) is 16.6 Å². The lowest BCUT2D eigenvalue weighted by molar-refractivity contribution is -0.119. The zero-order valence-electron chi connectivity index (χ0n) is 16.2. The first-order valence-corrected chi connectivity index (χ1v) is 10.8. The van der Waals surface area contributed by atoms with Crippen molar-refractivity contribution in [3.63, 3.8) is 0 Å². The first kappa shape index (κ1) is 20.3. The maximum absolute atomic E-state index is 12.9. The molecule has 1 fully saturated rings. The van der Waals surface area contributed by atoms with E-state index in [-0.39, 0.29) is 12.5 Å². The van der Waals surface area contributed by atoms with E-state index >= 15 is 0 Å². The summed E-state index contributed by atoms with van der Waals surface area (Å²) in [4.78, 5) is 12.7. The van der Waals surface area contributed by atoms with E-state index in [1.165, 1.54) is 0 Å². The summed E-state index contributed by atoms with van der Waals surface area (Å²) in [7, 11) is -3.83. The van der Waals surface area contributed by atoms with Crippen LogP contribution in [0.1, 0.15) is 23.6 Å². The first-order chi connectivity index (χ1) is 13.3. The predicted molar refractivity (Wildman–Crippen MR) is 111 cm³/mol. The Kier molecular flexibility index (Phi) is 6.02. The lowest BCUT2D eigenvalue weighted by atomic mass is 10.1. The molecule has 28 heavy (non-hydrogen) atoms. The van der Waals surface area contributed by atoms with Crippen LogP contribution in [0.3, 0.4) is 0 Å². The fourth-order valence-corrected chi connectivity index (χ4v) is 4.83. The molecule has 0 saturated carbocycles. The highest BCUT2D eigenvalue weighted by molar-refractivity contribution is 7.93. The van der Waals surface area contributed by atoms with Crippen LogP contribution in [0.2, 0.25) is 0 Å². The Morgan fingerprint density at radius 1 is 1.11 bits per heavy atom. The van der Waals surface area contributed by atoms with Crippen LogP contribution in [0.4, 0.5) is 11.4 Å². The minimum absolute atomic E-state index is 0.220. The van der Waals surface area contributed by atoms with E-state index < -0.39 is 21.3 Å². The molecule has 8 heteroatoms. The fourth-order valence-electron chi connectivity index (χ4n) is 3.37. The fraction of sp³-hybridized carbons (Fsp3) is 0.350. The third-order valence-corrected chi connectivity index (χ3v) is 6.32. The van der Waals surface area contributed by atoms with E-state index in [0.29, 0.717) is 11.4 Å². The number of hydrogen-bond acceptors (Lipinski definition) is 5. The normalized spacial score (nSPS) is 19.4. The summed E-state index contributed by atoms with van der Waals surface area (Å²) in [5.41, 5.74) is 9.68. The quantitative estimate of drug-likeness (QED) is 0.594. The van der Waals surface area contributed by atoms with Crippen molar-refractivity contribution in [2.24, 2.45) is 5.92 Å². The average Bonchev–Trinajstić information content (AvgIpc) is 3.11. The third-order valence-electron chi connectivity index (χ3n) is 4.69. The number of anilines is 2. The van der Waals surface area contributed by atoms with Gasteiger partial charge < -0.3 is 5.32 Å². The number of nitrogens with one attached hydrogen (secondary N) is 4. The summed E-state index contributed by atoms with van der Waals surface area (Å²) in [6, 6.07) is 13.0. The molecular weight excluding hydrogens is 376 g/mol. The molecule has 2 unspecified atom stereocenters. The van der Waals surface area contributed by atoms with Gasteiger partial charge in [-0.2, -0.15) is 0 Å². The second kappa shape index (κ2) is 8.30. The molecule has 0 spiro atoms. The van der Waals surface area contributed by atoms with Crippen molar-refractivity contribution in [3.05, 3.63) is 59.2 Å². The van der Waals surface area contributed by atoms with Gasteiger partial charge in [0, 0.05) is 17.9 Å². The molecule has 1 aliphatic rings. The first-order valence-electron chi connectivity index (χ1n) is 9.26. The Morgan fingerprint density at radius 3 is 2.50 bits per heavy atom. The summed E-state index contributed by atoms with van der Waals surface area (Å²) in [5, 5.41) is 1.75. The van der Waals surface area contributed by atoms with Crippen molar-refractivity contribution >= 4 is 27.3 Å². The number of carbonyl (C=O) groups is 1. The van der Waals surface area contributed by atoms with Crippen LogP contribution in [-0.4, -0.2) is 26.2 Å². The molecule has 2 atom stereocenters. The molecule has 7 nitrogen and oxygen atoms in total. The molecule has 2 aromatic carbocycles. The number of hydrogen-bond donors (Lipinski definition) is 4. The van der Waals surface area contributed by atoms with Gasteiger partial charge in [-0.15, -0.1) is 0 Å². The second-order valence-corrected chi connectivity index (χ2v) is 8.92. The van der Waals surface area contributed by atoms with Crippen LogP contribution in [0.15, 0.2) is 42.5 Å². The van der Waals surface area contributed by atoms with Gasteiger partial charge in [0.25, 0.3) is 10.0 Å². The Balaban J connectivity index is 1.76. The molecule has 1 heterocycles. The van der Waals surface area contributed by atoms with Crippen molar-refractivity contribution in [2.45, 2.75) is 32.6 Å². The van der Waals surface area contributed by atoms with E-state index in [0.717, 1.165) is 23.1 Å². The molecule has 0 radical (unpaired) electrons. The maximum Gasteiger partial charge on any atom is 0.250 e. The molecule has 3 rings (SSSR count). The molecule has 0 aliphatic carbocycles. The molecule has 150 valence electrons. The summed E-state index contributed by atoms with van der Waals surface area (Å²) in [6.07, 6.45) is 0.854. The van der Waals surface area contributed by atoms with Gasteiger partial charge in [-0.3, -0.25) is 14.9 Å². The lowest BCUT2D eigenvalue weighted by Crippen LogP contribution is -2.45. The average molecular weight is 403 g/mol. The van der Waals surface area contributed by atoms with Gasteiger partial charge in [0.15, 0.2) is 5.37 Å².